The first-order chi connectivity index (χ1) is 14.6. The first-order valence-electron chi connectivity index (χ1n) is 8.83. The molecule has 0 bridgehead atoms. The smallest absolute Gasteiger partial charge is 0.361 e. The summed E-state index contributed by atoms with van der Waals surface area (Å²) in [5.41, 5.74) is -2.76. The van der Waals surface area contributed by atoms with Gasteiger partial charge in [0.15, 0.2) is 0 Å². The maximum Gasteiger partial charge on any atom is 0.432 e. The Balaban J connectivity index is 2.49. The quantitative estimate of drug-likeness (QED) is 0.261. The number of hydrogen-bond donors (Lipinski definition) is 0. The van der Waals surface area contributed by atoms with Gasteiger partial charge >= 0.3 is 11.9 Å². The molecule has 3 aromatic rings. The summed E-state index contributed by atoms with van der Waals surface area (Å²) in [4.78, 5) is 11.2. The van der Waals surface area contributed by atoms with Crippen molar-refractivity contribution >= 4 is 40.5 Å². The van der Waals surface area contributed by atoms with Gasteiger partial charge in [-0.15, -0.1) is 0 Å². The van der Waals surface area contributed by atoms with Crippen LogP contribution >= 0.6 is 34.8 Å². The van der Waals surface area contributed by atoms with Crippen molar-refractivity contribution in [3.63, 3.8) is 0 Å². The molecule has 1 aromatic heterocycles. The van der Waals surface area contributed by atoms with Crippen LogP contribution in [0.1, 0.15) is 12.6 Å². The number of benzene rings is 2. The standard InChI is InChI=1S/C20H14Cl3F3N2O3/c1-2-31-10-27-17(11-3-6-13(21)7-4-11)18(28(29)30)16(19(27)20(24,25)26)12-5-8-14(22)15(23)9-12/h3-9H,2,10H2,1H3. The Morgan fingerprint density at radius 2 is 1.65 bits per heavy atom. The predicted molar refractivity (Wildman–Crippen MR) is 114 cm³/mol. The number of ether oxygens (including phenoxy) is 1. The Morgan fingerprint density at radius 3 is 2.16 bits per heavy atom. The molecular formula is C20H14Cl3F3N2O3. The van der Waals surface area contributed by atoms with E-state index < -0.39 is 34.8 Å². The van der Waals surface area contributed by atoms with E-state index in [4.69, 9.17) is 39.5 Å². The van der Waals surface area contributed by atoms with E-state index in [1.54, 1.807) is 6.92 Å². The Kier molecular flexibility index (Phi) is 6.85. The van der Waals surface area contributed by atoms with E-state index in [0.717, 1.165) is 10.6 Å². The second-order valence-electron chi connectivity index (χ2n) is 6.36. The zero-order valence-corrected chi connectivity index (χ0v) is 18.1. The van der Waals surface area contributed by atoms with Crippen LogP contribution in [0.2, 0.25) is 15.1 Å². The fourth-order valence-corrected chi connectivity index (χ4v) is 3.64. The van der Waals surface area contributed by atoms with Gasteiger partial charge in [-0.1, -0.05) is 53.0 Å². The number of halogens is 6. The van der Waals surface area contributed by atoms with Crippen LogP contribution in [-0.4, -0.2) is 16.1 Å². The average Bonchev–Trinajstić information content (AvgIpc) is 3.04. The first-order valence-corrected chi connectivity index (χ1v) is 9.96. The molecule has 0 radical (unpaired) electrons. The average molecular weight is 494 g/mol. The van der Waals surface area contributed by atoms with Crippen molar-refractivity contribution in [1.29, 1.82) is 0 Å². The normalized spacial score (nSPS) is 11.7. The molecule has 0 aliphatic rings. The molecule has 0 amide bonds. The minimum absolute atomic E-state index is 0.0350. The first kappa shape index (κ1) is 23.4. The van der Waals surface area contributed by atoms with Crippen LogP contribution in [-0.2, 0) is 17.6 Å². The number of hydrogen-bond acceptors (Lipinski definition) is 3. The molecular weight excluding hydrogens is 480 g/mol. The van der Waals surface area contributed by atoms with Crippen LogP contribution in [0.3, 0.4) is 0 Å². The Labute approximate surface area is 190 Å². The third-order valence-electron chi connectivity index (χ3n) is 4.44. The zero-order chi connectivity index (χ0) is 22.9. The van der Waals surface area contributed by atoms with E-state index in [1.807, 2.05) is 0 Å². The van der Waals surface area contributed by atoms with Crippen molar-refractivity contribution in [2.75, 3.05) is 6.61 Å². The van der Waals surface area contributed by atoms with Gasteiger partial charge < -0.3 is 9.30 Å². The van der Waals surface area contributed by atoms with Crippen LogP contribution in [0, 0.1) is 10.1 Å². The van der Waals surface area contributed by atoms with Gasteiger partial charge in [-0.05, 0) is 36.8 Å². The summed E-state index contributed by atoms with van der Waals surface area (Å²) in [7, 11) is 0. The van der Waals surface area contributed by atoms with E-state index in [9.17, 15) is 23.3 Å². The fraction of sp³-hybridized carbons (Fsp3) is 0.200. The molecule has 0 aliphatic heterocycles. The lowest BCUT2D eigenvalue weighted by atomic mass is 10.0. The van der Waals surface area contributed by atoms with Crippen molar-refractivity contribution in [1.82, 2.24) is 4.57 Å². The van der Waals surface area contributed by atoms with Crippen LogP contribution in [0.5, 0.6) is 0 Å². The van der Waals surface area contributed by atoms with Crippen molar-refractivity contribution < 1.29 is 22.8 Å². The molecule has 0 aliphatic carbocycles. The lowest BCUT2D eigenvalue weighted by molar-refractivity contribution is -0.383. The van der Waals surface area contributed by atoms with E-state index in [0.29, 0.717) is 5.02 Å². The summed E-state index contributed by atoms with van der Waals surface area (Å²) in [6.07, 6.45) is -4.94. The third-order valence-corrected chi connectivity index (χ3v) is 5.43. The summed E-state index contributed by atoms with van der Waals surface area (Å²) in [5, 5.41) is 12.5. The van der Waals surface area contributed by atoms with Crippen molar-refractivity contribution in [3.8, 4) is 22.4 Å². The minimum Gasteiger partial charge on any atom is -0.361 e. The second-order valence-corrected chi connectivity index (χ2v) is 7.61. The molecule has 0 fully saturated rings. The molecule has 0 atom stereocenters. The molecule has 0 saturated heterocycles. The molecule has 31 heavy (non-hydrogen) atoms. The molecule has 11 heteroatoms. The topological polar surface area (TPSA) is 57.3 Å². The van der Waals surface area contributed by atoms with Crippen molar-refractivity contribution in [2.45, 2.75) is 19.8 Å². The van der Waals surface area contributed by atoms with Gasteiger partial charge in [0.1, 0.15) is 18.1 Å². The molecule has 0 saturated carbocycles. The highest BCUT2D eigenvalue weighted by Crippen LogP contribution is 2.50. The van der Waals surface area contributed by atoms with Crippen LogP contribution in [0.4, 0.5) is 18.9 Å². The maximum absolute atomic E-state index is 14.3. The summed E-state index contributed by atoms with van der Waals surface area (Å²) in [6.45, 7) is 1.16. The fourth-order valence-electron chi connectivity index (χ4n) is 3.21. The van der Waals surface area contributed by atoms with Crippen LogP contribution < -0.4 is 0 Å². The SMILES string of the molecule is CCOCn1c(-c2ccc(Cl)cc2)c([N+](=O)[O-])c(-c2ccc(Cl)c(Cl)c2)c1C(F)(F)F. The number of aromatic nitrogens is 1. The lowest BCUT2D eigenvalue weighted by Crippen LogP contribution is -2.17. The lowest BCUT2D eigenvalue weighted by Gasteiger charge is -2.15. The molecule has 0 N–H and O–H groups in total. The van der Waals surface area contributed by atoms with Crippen molar-refractivity contribution in [3.05, 3.63) is 73.3 Å². The van der Waals surface area contributed by atoms with E-state index >= 15 is 0 Å². The third kappa shape index (κ3) is 4.67. The van der Waals surface area contributed by atoms with Gasteiger partial charge in [0, 0.05) is 17.2 Å². The summed E-state index contributed by atoms with van der Waals surface area (Å²) in [5.74, 6) is 0. The van der Waals surface area contributed by atoms with E-state index in [2.05, 4.69) is 0 Å². The molecule has 2 aromatic carbocycles. The number of nitro groups is 1. The van der Waals surface area contributed by atoms with Gasteiger partial charge in [-0.25, -0.2) is 0 Å². The summed E-state index contributed by atoms with van der Waals surface area (Å²) >= 11 is 17.8. The highest BCUT2D eigenvalue weighted by Gasteiger charge is 2.45. The Hall–Kier alpha value is -2.26. The highest BCUT2D eigenvalue weighted by atomic mass is 35.5. The molecule has 0 spiro atoms. The van der Waals surface area contributed by atoms with E-state index in [-0.39, 0.29) is 33.5 Å². The van der Waals surface area contributed by atoms with Crippen molar-refractivity contribution in [2.24, 2.45) is 0 Å². The van der Waals surface area contributed by atoms with Gasteiger partial charge in [-0.2, -0.15) is 13.2 Å². The largest absolute Gasteiger partial charge is 0.432 e. The number of rotatable bonds is 6. The molecule has 1 heterocycles. The minimum atomic E-state index is -4.94. The van der Waals surface area contributed by atoms with Crippen LogP contribution in [0.15, 0.2) is 42.5 Å². The number of alkyl halides is 3. The Morgan fingerprint density at radius 1 is 1.03 bits per heavy atom. The van der Waals surface area contributed by atoms with Gasteiger partial charge in [0.2, 0.25) is 0 Å². The maximum atomic E-state index is 14.3. The number of nitrogens with zero attached hydrogens (tertiary/aromatic N) is 2. The molecule has 164 valence electrons. The van der Waals surface area contributed by atoms with E-state index in [1.165, 1.54) is 36.4 Å². The second kappa shape index (κ2) is 9.08. The predicted octanol–water partition coefficient (Wildman–Crippen LogP) is 7.70. The summed E-state index contributed by atoms with van der Waals surface area (Å²) in [6, 6.07) is 9.39. The van der Waals surface area contributed by atoms with Gasteiger partial charge in [0.05, 0.1) is 20.5 Å². The summed E-state index contributed by atoms with van der Waals surface area (Å²) < 4.78 is 48.8. The monoisotopic (exact) mass is 492 g/mol. The van der Waals surface area contributed by atoms with Gasteiger partial charge in [-0.3, -0.25) is 10.1 Å². The molecule has 5 nitrogen and oxygen atoms in total. The Bertz CT molecular complexity index is 1130. The highest BCUT2D eigenvalue weighted by molar-refractivity contribution is 6.42. The van der Waals surface area contributed by atoms with Crippen LogP contribution in [0.25, 0.3) is 22.4 Å². The zero-order valence-electron chi connectivity index (χ0n) is 15.8. The van der Waals surface area contributed by atoms with Gasteiger partial charge in [0.25, 0.3) is 0 Å². The molecule has 0 unspecified atom stereocenters. The molecule has 3 rings (SSSR count).